The Morgan fingerprint density at radius 3 is 2.37 bits per heavy atom. The number of amides is 1. The van der Waals surface area contributed by atoms with Crippen LogP contribution in [0.25, 0.3) is 10.8 Å². The van der Waals surface area contributed by atoms with Crippen LogP contribution in [0.1, 0.15) is 39.7 Å². The number of carbonyl (C=O) groups is 2. The van der Waals surface area contributed by atoms with Gasteiger partial charge in [-0.1, -0.05) is 24.3 Å². The molecule has 2 aromatic rings. The fourth-order valence-electron chi connectivity index (χ4n) is 2.84. The van der Waals surface area contributed by atoms with Crippen LogP contribution in [0.15, 0.2) is 36.4 Å². The molecule has 0 spiro atoms. The first-order valence-electron chi connectivity index (χ1n) is 9.98. The maximum atomic E-state index is 12.0. The number of ether oxygens (including phenoxy) is 3. The number of nitrogens with one attached hydrogen (secondary N) is 1. The molecule has 1 N–H and O–H groups in total. The average molecular weight is 415 g/mol. The second-order valence-electron chi connectivity index (χ2n) is 7.86. The molecular formula is C23H30N2O5. The summed E-state index contributed by atoms with van der Waals surface area (Å²) in [5, 5.41) is 9.70. The third-order valence-corrected chi connectivity index (χ3v) is 4.23. The van der Waals surface area contributed by atoms with Crippen molar-refractivity contribution < 1.29 is 23.8 Å². The van der Waals surface area contributed by atoms with Gasteiger partial charge in [0, 0.05) is 24.5 Å². The van der Waals surface area contributed by atoms with Gasteiger partial charge < -0.3 is 19.1 Å². The highest BCUT2D eigenvalue weighted by molar-refractivity contribution is 6.44. The summed E-state index contributed by atoms with van der Waals surface area (Å²) in [4.78, 5) is 25.5. The zero-order valence-electron chi connectivity index (χ0n) is 18.3. The van der Waals surface area contributed by atoms with Gasteiger partial charge in [-0.05, 0) is 51.6 Å². The minimum atomic E-state index is -0.651. The van der Waals surface area contributed by atoms with Crippen molar-refractivity contribution >= 4 is 28.5 Å². The Hall–Kier alpha value is -3.09. The second kappa shape index (κ2) is 10.1. The van der Waals surface area contributed by atoms with Crippen LogP contribution in [-0.2, 0) is 14.3 Å². The van der Waals surface area contributed by atoms with E-state index in [1.54, 1.807) is 26.1 Å². The summed E-state index contributed by atoms with van der Waals surface area (Å²) in [6.45, 7) is 8.33. The van der Waals surface area contributed by atoms with Crippen molar-refractivity contribution in [3.8, 4) is 5.75 Å². The van der Waals surface area contributed by atoms with Gasteiger partial charge in [-0.25, -0.2) is 9.59 Å². The molecule has 0 radical (unpaired) electrons. The molecule has 0 aliphatic rings. The van der Waals surface area contributed by atoms with Gasteiger partial charge in [0.1, 0.15) is 17.1 Å². The van der Waals surface area contributed by atoms with E-state index < -0.39 is 11.6 Å². The van der Waals surface area contributed by atoms with Crippen molar-refractivity contribution in [2.75, 3.05) is 26.8 Å². The monoisotopic (exact) mass is 414 g/mol. The van der Waals surface area contributed by atoms with Crippen molar-refractivity contribution in [1.29, 1.82) is 5.41 Å². The van der Waals surface area contributed by atoms with Gasteiger partial charge in [-0.3, -0.25) is 5.41 Å². The number of hydrogen-bond donors (Lipinski definition) is 1. The van der Waals surface area contributed by atoms with Gasteiger partial charge in [-0.2, -0.15) is 0 Å². The first kappa shape index (κ1) is 23.2. The predicted octanol–water partition coefficient (Wildman–Crippen LogP) is 4.41. The highest BCUT2D eigenvalue weighted by Gasteiger charge is 2.20. The van der Waals surface area contributed by atoms with Gasteiger partial charge in [-0.15, -0.1) is 0 Å². The summed E-state index contributed by atoms with van der Waals surface area (Å²) in [6, 6.07) is 10.9. The second-order valence-corrected chi connectivity index (χ2v) is 7.86. The number of carbonyl (C=O) groups excluding carboxylic acids is 2. The van der Waals surface area contributed by atoms with Crippen molar-refractivity contribution in [3.63, 3.8) is 0 Å². The van der Waals surface area contributed by atoms with Crippen LogP contribution in [0.5, 0.6) is 5.75 Å². The first-order valence-corrected chi connectivity index (χ1v) is 9.98. The summed E-state index contributed by atoms with van der Waals surface area (Å²) >= 11 is 0. The zero-order chi connectivity index (χ0) is 22.3. The van der Waals surface area contributed by atoms with Crippen molar-refractivity contribution in [3.05, 3.63) is 42.0 Å². The average Bonchev–Trinajstić information content (AvgIpc) is 2.69. The molecule has 0 aliphatic heterocycles. The molecule has 2 rings (SSSR count). The minimum absolute atomic E-state index is 0.182. The number of benzene rings is 2. The van der Waals surface area contributed by atoms with Crippen LogP contribution >= 0.6 is 0 Å². The lowest BCUT2D eigenvalue weighted by molar-refractivity contribution is -0.135. The lowest BCUT2D eigenvalue weighted by Gasteiger charge is -2.24. The summed E-state index contributed by atoms with van der Waals surface area (Å²) < 4.78 is 16.2. The third-order valence-electron chi connectivity index (χ3n) is 4.23. The van der Waals surface area contributed by atoms with E-state index >= 15 is 0 Å². The highest BCUT2D eigenvalue weighted by atomic mass is 16.6. The molecule has 0 atom stereocenters. The Labute approximate surface area is 177 Å². The van der Waals surface area contributed by atoms with Crippen molar-refractivity contribution in [1.82, 2.24) is 4.90 Å². The van der Waals surface area contributed by atoms with E-state index in [0.29, 0.717) is 30.9 Å². The van der Waals surface area contributed by atoms with E-state index in [1.165, 1.54) is 4.90 Å². The van der Waals surface area contributed by atoms with E-state index in [1.807, 2.05) is 45.0 Å². The molecule has 0 heterocycles. The number of fused-ring (bicyclic) bond motifs is 1. The smallest absolute Gasteiger partial charge is 0.410 e. The summed E-state index contributed by atoms with van der Waals surface area (Å²) in [5.41, 5.74) is -0.209. The fourth-order valence-corrected chi connectivity index (χ4v) is 2.84. The molecule has 0 aromatic heterocycles. The van der Waals surface area contributed by atoms with E-state index in [4.69, 9.17) is 19.6 Å². The predicted molar refractivity (Wildman–Crippen MR) is 116 cm³/mol. The molecule has 1 amide bonds. The van der Waals surface area contributed by atoms with Crippen LogP contribution in [0.2, 0.25) is 0 Å². The Morgan fingerprint density at radius 1 is 1.07 bits per heavy atom. The summed E-state index contributed by atoms with van der Waals surface area (Å²) in [6.07, 6.45) is 0.263. The first-order chi connectivity index (χ1) is 14.1. The molecule has 0 unspecified atom stereocenters. The Balaban J connectivity index is 2.04. The van der Waals surface area contributed by atoms with E-state index in [-0.39, 0.29) is 18.4 Å². The molecular weight excluding hydrogens is 384 g/mol. The molecule has 162 valence electrons. The van der Waals surface area contributed by atoms with Crippen molar-refractivity contribution in [2.45, 2.75) is 39.7 Å². The van der Waals surface area contributed by atoms with Gasteiger partial charge in [0.05, 0.1) is 13.2 Å². The van der Waals surface area contributed by atoms with Gasteiger partial charge >= 0.3 is 12.1 Å². The van der Waals surface area contributed by atoms with Gasteiger partial charge in [0.2, 0.25) is 0 Å². The molecule has 0 fully saturated rings. The summed E-state index contributed by atoms with van der Waals surface area (Å²) in [7, 11) is 1.69. The largest absolute Gasteiger partial charge is 0.493 e. The maximum absolute atomic E-state index is 12.0. The molecule has 30 heavy (non-hydrogen) atoms. The van der Waals surface area contributed by atoms with Crippen LogP contribution in [0, 0.1) is 5.41 Å². The normalized spacial score (nSPS) is 11.1. The van der Waals surface area contributed by atoms with Gasteiger partial charge in [0.25, 0.3) is 0 Å². The molecule has 0 saturated carbocycles. The molecule has 7 nitrogen and oxygen atoms in total. The lowest BCUT2D eigenvalue weighted by Crippen LogP contribution is -2.35. The van der Waals surface area contributed by atoms with Crippen LogP contribution in [-0.4, -0.2) is 55.1 Å². The van der Waals surface area contributed by atoms with Gasteiger partial charge in [0.15, 0.2) is 0 Å². The van der Waals surface area contributed by atoms with Crippen LogP contribution < -0.4 is 4.74 Å². The standard InChI is InChI=1S/C23H30N2O5/c1-6-28-21(26)20(24)18-12-13-19(17-11-8-7-10-16(17)18)29-15-9-14-25(5)22(27)30-23(2,3)4/h7-8,10-13,24H,6,9,14-15H2,1-5H3. The Morgan fingerprint density at radius 2 is 1.73 bits per heavy atom. The number of hydrogen-bond acceptors (Lipinski definition) is 6. The Kier molecular flexibility index (Phi) is 7.80. The Bertz CT molecular complexity index is 917. The molecule has 0 bridgehead atoms. The number of esters is 1. The minimum Gasteiger partial charge on any atom is -0.493 e. The quantitative estimate of drug-likeness (QED) is 0.393. The fraction of sp³-hybridized carbons (Fsp3) is 0.435. The topological polar surface area (TPSA) is 88.9 Å². The molecule has 2 aromatic carbocycles. The highest BCUT2D eigenvalue weighted by Crippen LogP contribution is 2.29. The molecule has 0 aliphatic carbocycles. The van der Waals surface area contributed by atoms with E-state index in [0.717, 1.165) is 10.8 Å². The van der Waals surface area contributed by atoms with E-state index in [2.05, 4.69) is 0 Å². The SMILES string of the molecule is CCOC(=O)C(=N)c1ccc(OCCCN(C)C(=O)OC(C)(C)C)c2ccccc12. The maximum Gasteiger partial charge on any atom is 0.410 e. The molecule has 7 heteroatoms. The summed E-state index contributed by atoms with van der Waals surface area (Å²) in [5.74, 6) is 0.00688. The van der Waals surface area contributed by atoms with E-state index in [9.17, 15) is 9.59 Å². The lowest BCUT2D eigenvalue weighted by atomic mass is 10.00. The number of rotatable bonds is 8. The van der Waals surface area contributed by atoms with Crippen LogP contribution in [0.4, 0.5) is 4.79 Å². The zero-order valence-corrected chi connectivity index (χ0v) is 18.3. The molecule has 0 saturated heterocycles. The van der Waals surface area contributed by atoms with Crippen LogP contribution in [0.3, 0.4) is 0 Å². The van der Waals surface area contributed by atoms with Crippen molar-refractivity contribution in [2.24, 2.45) is 0 Å². The third kappa shape index (κ3) is 6.20. The number of nitrogens with zero attached hydrogens (tertiary/aromatic N) is 1.